The van der Waals surface area contributed by atoms with Crippen molar-refractivity contribution in [2.75, 3.05) is 11.1 Å². The molecule has 1 atom stereocenters. The number of aryl methyl sites for hydroxylation is 2. The summed E-state index contributed by atoms with van der Waals surface area (Å²) in [5.41, 5.74) is 4.90. The molecular weight excluding hydrogens is 423 g/mol. The highest BCUT2D eigenvalue weighted by molar-refractivity contribution is 5.95. The molecule has 0 fully saturated rings. The SMILES string of the molecule is [2H]C([2H])([2H])c1nc(-c2ccc(NC(=O)[C@@H](O)c3cccc(F)c3)c(F)c2F)c2c(N)ncc(C)n12. The molecule has 7 nitrogen and oxygen atoms in total. The van der Waals surface area contributed by atoms with E-state index in [0.29, 0.717) is 5.69 Å². The van der Waals surface area contributed by atoms with E-state index in [1.807, 2.05) is 0 Å². The second-order valence-electron chi connectivity index (χ2n) is 6.99. The zero-order chi connectivity index (χ0) is 25.7. The molecule has 32 heavy (non-hydrogen) atoms. The first-order valence-electron chi connectivity index (χ1n) is 10.8. The van der Waals surface area contributed by atoms with E-state index in [1.165, 1.54) is 22.7 Å². The highest BCUT2D eigenvalue weighted by atomic mass is 19.2. The number of anilines is 2. The monoisotopic (exact) mass is 444 g/mol. The zero-order valence-corrected chi connectivity index (χ0v) is 16.5. The van der Waals surface area contributed by atoms with Crippen LogP contribution in [0.1, 0.15) is 27.3 Å². The number of nitrogens with two attached hydrogens (primary N) is 1. The van der Waals surface area contributed by atoms with E-state index in [-0.39, 0.29) is 22.6 Å². The van der Waals surface area contributed by atoms with Gasteiger partial charge in [0.25, 0.3) is 5.91 Å². The van der Waals surface area contributed by atoms with Crippen molar-refractivity contribution >= 4 is 22.9 Å². The van der Waals surface area contributed by atoms with Crippen LogP contribution < -0.4 is 11.1 Å². The van der Waals surface area contributed by atoms with Crippen molar-refractivity contribution in [1.29, 1.82) is 0 Å². The van der Waals surface area contributed by atoms with Gasteiger partial charge < -0.3 is 16.2 Å². The van der Waals surface area contributed by atoms with Gasteiger partial charge in [0.15, 0.2) is 17.7 Å². The van der Waals surface area contributed by atoms with Gasteiger partial charge in [0.2, 0.25) is 0 Å². The van der Waals surface area contributed by atoms with E-state index in [2.05, 4.69) is 15.3 Å². The predicted octanol–water partition coefficient (Wildman–Crippen LogP) is 3.68. The Hall–Kier alpha value is -3.92. The number of hydrogen-bond donors (Lipinski definition) is 3. The first kappa shape index (κ1) is 17.7. The third-order valence-corrected chi connectivity index (χ3v) is 4.87. The molecule has 10 heteroatoms. The van der Waals surface area contributed by atoms with Gasteiger partial charge in [0.1, 0.15) is 28.7 Å². The number of aromatic nitrogens is 3. The standard InChI is InChI=1S/C22H18F3N5O2/c1-10-9-27-21(26)19-18(28-11(2)30(10)19)14-6-7-15(17(25)16(14)24)29-22(32)20(31)12-4-3-5-13(23)8-12/h3-9,20,31H,1-2H3,(H2,26,27)(H,29,32)/t20-/m0/s1/i2D3. The van der Waals surface area contributed by atoms with Crippen LogP contribution in [0.2, 0.25) is 0 Å². The lowest BCUT2D eigenvalue weighted by molar-refractivity contribution is -0.124. The smallest absolute Gasteiger partial charge is 0.257 e. The van der Waals surface area contributed by atoms with Crippen LogP contribution in [0.15, 0.2) is 42.6 Å². The van der Waals surface area contributed by atoms with E-state index in [9.17, 15) is 18.7 Å². The van der Waals surface area contributed by atoms with Crippen LogP contribution in [-0.2, 0) is 4.79 Å². The summed E-state index contributed by atoms with van der Waals surface area (Å²) in [6, 6.07) is 6.71. The van der Waals surface area contributed by atoms with Crippen LogP contribution in [0, 0.1) is 31.2 Å². The number of fused-ring (bicyclic) bond motifs is 1. The fraction of sp³-hybridized carbons (Fsp3) is 0.136. The van der Waals surface area contributed by atoms with Gasteiger partial charge in [-0.05, 0) is 43.6 Å². The molecule has 2 aromatic heterocycles. The molecule has 0 aliphatic carbocycles. The maximum absolute atomic E-state index is 15.2. The number of aliphatic hydroxyl groups excluding tert-OH is 1. The summed E-state index contributed by atoms with van der Waals surface area (Å²) in [6.07, 6.45) is -0.525. The molecule has 0 bridgehead atoms. The summed E-state index contributed by atoms with van der Waals surface area (Å²) in [5.74, 6) is -5.31. The van der Waals surface area contributed by atoms with Crippen LogP contribution in [0.3, 0.4) is 0 Å². The van der Waals surface area contributed by atoms with Crippen molar-refractivity contribution in [3.05, 3.63) is 77.1 Å². The molecule has 4 aromatic rings. The molecule has 4 rings (SSSR count). The average molecular weight is 444 g/mol. The topological polar surface area (TPSA) is 106 Å². The van der Waals surface area contributed by atoms with E-state index < -0.39 is 53.4 Å². The van der Waals surface area contributed by atoms with E-state index >= 15 is 4.39 Å². The Morgan fingerprint density at radius 1 is 1.25 bits per heavy atom. The number of nitrogens with zero attached hydrogens (tertiary/aromatic N) is 3. The number of benzene rings is 2. The Labute approximate surface area is 184 Å². The highest BCUT2D eigenvalue weighted by Crippen LogP contribution is 2.33. The lowest BCUT2D eigenvalue weighted by Gasteiger charge is -2.13. The summed E-state index contributed by atoms with van der Waals surface area (Å²) < 4.78 is 67.9. The molecular formula is C22H18F3N5O2. The highest BCUT2D eigenvalue weighted by Gasteiger charge is 2.24. The summed E-state index contributed by atoms with van der Waals surface area (Å²) >= 11 is 0. The van der Waals surface area contributed by atoms with Gasteiger partial charge in [-0.3, -0.25) is 9.20 Å². The second-order valence-corrected chi connectivity index (χ2v) is 6.99. The fourth-order valence-electron chi connectivity index (χ4n) is 3.33. The van der Waals surface area contributed by atoms with Gasteiger partial charge in [-0.1, -0.05) is 12.1 Å². The number of amides is 1. The van der Waals surface area contributed by atoms with Crippen LogP contribution in [0.4, 0.5) is 24.7 Å². The van der Waals surface area contributed by atoms with E-state index in [1.54, 1.807) is 6.92 Å². The van der Waals surface area contributed by atoms with Crippen LogP contribution >= 0.6 is 0 Å². The maximum atomic E-state index is 15.2. The molecule has 0 radical (unpaired) electrons. The molecule has 4 N–H and O–H groups in total. The van der Waals surface area contributed by atoms with E-state index in [4.69, 9.17) is 9.85 Å². The molecule has 0 aliphatic heterocycles. The number of carbonyl (C=O) groups is 1. The first-order chi connectivity index (χ1) is 16.4. The molecule has 0 spiro atoms. The molecule has 2 aromatic carbocycles. The van der Waals surface area contributed by atoms with Crippen LogP contribution in [0.5, 0.6) is 0 Å². The summed E-state index contributed by atoms with van der Waals surface area (Å²) in [5, 5.41) is 12.2. The minimum atomic E-state index is -2.70. The number of rotatable bonds is 4. The number of aliphatic hydroxyl groups is 1. The number of nitrogens with one attached hydrogen (secondary N) is 1. The normalized spacial score (nSPS) is 14.0. The molecule has 0 saturated carbocycles. The van der Waals surface area contributed by atoms with Crippen molar-refractivity contribution in [3.8, 4) is 11.3 Å². The second kappa shape index (κ2) is 7.97. The number of halogens is 3. The zero-order valence-electron chi connectivity index (χ0n) is 19.5. The first-order valence-corrected chi connectivity index (χ1v) is 9.27. The van der Waals surface area contributed by atoms with Gasteiger partial charge in [-0.15, -0.1) is 0 Å². The molecule has 1 amide bonds. The third kappa shape index (κ3) is 3.54. The molecule has 0 aliphatic rings. The summed E-state index contributed by atoms with van der Waals surface area (Å²) in [4.78, 5) is 20.3. The lowest BCUT2D eigenvalue weighted by atomic mass is 10.1. The van der Waals surface area contributed by atoms with Crippen LogP contribution in [0.25, 0.3) is 16.8 Å². The Kier molecular flexibility index (Phi) is 4.41. The average Bonchev–Trinajstić information content (AvgIpc) is 3.21. The van der Waals surface area contributed by atoms with Crippen molar-refractivity contribution in [3.63, 3.8) is 0 Å². The summed E-state index contributed by atoms with van der Waals surface area (Å²) in [6.45, 7) is -1.14. The maximum Gasteiger partial charge on any atom is 0.257 e. The van der Waals surface area contributed by atoms with Crippen molar-refractivity contribution in [1.82, 2.24) is 14.4 Å². The molecule has 0 unspecified atom stereocenters. The predicted molar refractivity (Wildman–Crippen MR) is 112 cm³/mol. The Balaban J connectivity index is 1.76. The van der Waals surface area contributed by atoms with Gasteiger partial charge in [-0.25, -0.2) is 23.1 Å². The van der Waals surface area contributed by atoms with Gasteiger partial charge in [0, 0.05) is 21.6 Å². The quantitative estimate of drug-likeness (QED) is 0.445. The Morgan fingerprint density at radius 3 is 2.75 bits per heavy atom. The van der Waals surface area contributed by atoms with Crippen molar-refractivity contribution in [2.24, 2.45) is 0 Å². The number of carbonyl (C=O) groups excluding carboxylic acids is 1. The Morgan fingerprint density at radius 2 is 2.03 bits per heavy atom. The number of hydrogen-bond acceptors (Lipinski definition) is 5. The fourth-order valence-corrected chi connectivity index (χ4v) is 3.33. The minimum absolute atomic E-state index is 0.0206. The molecule has 0 saturated heterocycles. The number of imidazole rings is 1. The van der Waals surface area contributed by atoms with Crippen LogP contribution in [-0.4, -0.2) is 25.4 Å². The van der Waals surface area contributed by atoms with Gasteiger partial charge in [-0.2, -0.15) is 0 Å². The van der Waals surface area contributed by atoms with Crippen molar-refractivity contribution < 1.29 is 27.2 Å². The van der Waals surface area contributed by atoms with Crippen molar-refractivity contribution in [2.45, 2.75) is 19.9 Å². The largest absolute Gasteiger partial charge is 0.382 e. The molecule has 2 heterocycles. The van der Waals surface area contributed by atoms with Gasteiger partial charge in [0.05, 0.1) is 5.69 Å². The molecule has 164 valence electrons. The minimum Gasteiger partial charge on any atom is -0.382 e. The van der Waals surface area contributed by atoms with Gasteiger partial charge >= 0.3 is 0 Å². The lowest BCUT2D eigenvalue weighted by Crippen LogP contribution is -2.21. The number of nitrogen functional groups attached to an aromatic ring is 1. The third-order valence-electron chi connectivity index (χ3n) is 4.87. The Bertz CT molecular complexity index is 1470. The summed E-state index contributed by atoms with van der Waals surface area (Å²) in [7, 11) is 0. The van der Waals surface area contributed by atoms with E-state index in [0.717, 1.165) is 24.3 Å².